The SMILES string of the molecule is CCOC(=O)[C@@H](C)C(=O)c1ccc(OC)c(OC)c1. The van der Waals surface area contributed by atoms with E-state index in [2.05, 4.69) is 0 Å². The molecule has 0 saturated carbocycles. The third-order valence-corrected chi connectivity index (χ3v) is 2.70. The number of Topliss-reactive ketones (excluding diaryl/α,β-unsaturated/α-hetero) is 1. The van der Waals surface area contributed by atoms with Gasteiger partial charge in [-0.15, -0.1) is 0 Å². The molecule has 5 nitrogen and oxygen atoms in total. The molecule has 104 valence electrons. The molecule has 0 aliphatic rings. The maximum Gasteiger partial charge on any atom is 0.316 e. The minimum Gasteiger partial charge on any atom is -0.493 e. The standard InChI is InChI=1S/C14H18O5/c1-5-19-14(16)9(2)13(15)10-6-7-11(17-3)12(8-10)18-4/h6-9H,5H2,1-4H3/t9-/m0/s1. The summed E-state index contributed by atoms with van der Waals surface area (Å²) >= 11 is 0. The van der Waals surface area contributed by atoms with Gasteiger partial charge in [0, 0.05) is 5.56 Å². The summed E-state index contributed by atoms with van der Waals surface area (Å²) in [5.74, 6) is -0.688. The first kappa shape index (κ1) is 15.0. The number of ketones is 1. The van der Waals surface area contributed by atoms with E-state index in [1.165, 1.54) is 21.1 Å². The first-order valence-corrected chi connectivity index (χ1v) is 5.98. The largest absolute Gasteiger partial charge is 0.493 e. The van der Waals surface area contributed by atoms with Crippen LogP contribution in [-0.4, -0.2) is 32.6 Å². The summed E-state index contributed by atoms with van der Waals surface area (Å²) in [6.45, 7) is 3.48. The number of carbonyl (C=O) groups excluding carboxylic acids is 2. The number of esters is 1. The third-order valence-electron chi connectivity index (χ3n) is 2.70. The molecule has 0 amide bonds. The molecule has 0 bridgehead atoms. The summed E-state index contributed by atoms with van der Waals surface area (Å²) in [4.78, 5) is 23.7. The van der Waals surface area contributed by atoms with Gasteiger partial charge < -0.3 is 14.2 Å². The molecule has 19 heavy (non-hydrogen) atoms. The number of hydrogen-bond donors (Lipinski definition) is 0. The zero-order valence-corrected chi connectivity index (χ0v) is 11.6. The molecule has 5 heteroatoms. The quantitative estimate of drug-likeness (QED) is 0.448. The fraction of sp³-hybridized carbons (Fsp3) is 0.429. The van der Waals surface area contributed by atoms with Crippen LogP contribution < -0.4 is 9.47 Å². The minimum absolute atomic E-state index is 0.252. The van der Waals surface area contributed by atoms with Crippen molar-refractivity contribution in [1.29, 1.82) is 0 Å². The Morgan fingerprint density at radius 2 is 1.79 bits per heavy atom. The van der Waals surface area contributed by atoms with Crippen LogP contribution >= 0.6 is 0 Å². The van der Waals surface area contributed by atoms with Gasteiger partial charge >= 0.3 is 5.97 Å². The van der Waals surface area contributed by atoms with E-state index in [4.69, 9.17) is 14.2 Å². The van der Waals surface area contributed by atoms with Gasteiger partial charge in [-0.05, 0) is 32.0 Å². The average molecular weight is 266 g/mol. The molecule has 1 atom stereocenters. The second-order valence-corrected chi connectivity index (χ2v) is 3.91. The van der Waals surface area contributed by atoms with Crippen LogP contribution in [-0.2, 0) is 9.53 Å². The highest BCUT2D eigenvalue weighted by Gasteiger charge is 2.24. The zero-order valence-electron chi connectivity index (χ0n) is 11.6. The van der Waals surface area contributed by atoms with Crippen LogP contribution in [0.25, 0.3) is 0 Å². The molecule has 1 aromatic carbocycles. The summed E-state index contributed by atoms with van der Waals surface area (Å²) in [5.41, 5.74) is 0.387. The Morgan fingerprint density at radius 3 is 2.32 bits per heavy atom. The summed E-state index contributed by atoms with van der Waals surface area (Å²) < 4.78 is 15.0. The second kappa shape index (κ2) is 6.78. The molecule has 0 aliphatic heterocycles. The number of carbonyl (C=O) groups is 2. The van der Waals surface area contributed by atoms with Gasteiger partial charge in [-0.3, -0.25) is 9.59 Å². The molecule has 0 spiro atoms. The lowest BCUT2D eigenvalue weighted by Gasteiger charge is -2.12. The first-order chi connectivity index (χ1) is 9.04. The Balaban J connectivity index is 2.97. The maximum absolute atomic E-state index is 12.1. The van der Waals surface area contributed by atoms with Crippen molar-refractivity contribution in [3.05, 3.63) is 23.8 Å². The van der Waals surface area contributed by atoms with Crippen LogP contribution in [0.4, 0.5) is 0 Å². The van der Waals surface area contributed by atoms with E-state index in [1.54, 1.807) is 25.1 Å². The summed E-state index contributed by atoms with van der Waals surface area (Å²) in [5, 5.41) is 0. The number of methoxy groups -OCH3 is 2. The third kappa shape index (κ3) is 3.47. The predicted octanol–water partition coefficient (Wildman–Crippen LogP) is 2.09. The van der Waals surface area contributed by atoms with Crippen LogP contribution in [0, 0.1) is 5.92 Å². The topological polar surface area (TPSA) is 61.8 Å². The summed E-state index contributed by atoms with van der Waals surface area (Å²) in [6.07, 6.45) is 0. The number of ether oxygens (including phenoxy) is 3. The van der Waals surface area contributed by atoms with Gasteiger partial charge in [-0.2, -0.15) is 0 Å². The predicted molar refractivity (Wildman–Crippen MR) is 69.7 cm³/mol. The Bertz CT molecular complexity index is 467. The number of hydrogen-bond acceptors (Lipinski definition) is 5. The normalized spacial score (nSPS) is 11.6. The van der Waals surface area contributed by atoms with Gasteiger partial charge in [0.15, 0.2) is 17.3 Å². The highest BCUT2D eigenvalue weighted by Crippen LogP contribution is 2.28. The molecule has 1 rings (SSSR count). The highest BCUT2D eigenvalue weighted by atomic mass is 16.5. The van der Waals surface area contributed by atoms with Crippen LogP contribution in [0.2, 0.25) is 0 Å². The Hall–Kier alpha value is -2.04. The van der Waals surface area contributed by atoms with E-state index < -0.39 is 11.9 Å². The van der Waals surface area contributed by atoms with Crippen LogP contribution in [0.5, 0.6) is 11.5 Å². The van der Waals surface area contributed by atoms with E-state index in [0.717, 1.165) is 0 Å². The molecule has 0 fully saturated rings. The molecule has 0 N–H and O–H groups in total. The van der Waals surface area contributed by atoms with Crippen molar-refractivity contribution in [1.82, 2.24) is 0 Å². The van der Waals surface area contributed by atoms with E-state index in [1.807, 2.05) is 0 Å². The van der Waals surface area contributed by atoms with E-state index in [-0.39, 0.29) is 12.4 Å². The Morgan fingerprint density at radius 1 is 1.16 bits per heavy atom. The van der Waals surface area contributed by atoms with E-state index in [9.17, 15) is 9.59 Å². The van der Waals surface area contributed by atoms with Gasteiger partial charge in [0.1, 0.15) is 5.92 Å². The lowest BCUT2D eigenvalue weighted by Crippen LogP contribution is -2.23. The van der Waals surface area contributed by atoms with Gasteiger partial charge in [-0.1, -0.05) is 0 Å². The molecule has 0 aromatic heterocycles. The highest BCUT2D eigenvalue weighted by molar-refractivity contribution is 6.08. The van der Waals surface area contributed by atoms with Gasteiger partial charge in [0.25, 0.3) is 0 Å². The first-order valence-electron chi connectivity index (χ1n) is 5.98. The van der Waals surface area contributed by atoms with E-state index >= 15 is 0 Å². The summed E-state index contributed by atoms with van der Waals surface area (Å²) in [6, 6.07) is 4.78. The maximum atomic E-state index is 12.1. The Kier molecular flexibility index (Phi) is 5.36. The van der Waals surface area contributed by atoms with Crippen LogP contribution in [0.15, 0.2) is 18.2 Å². The Labute approximate surface area is 112 Å². The number of benzene rings is 1. The minimum atomic E-state index is -0.835. The lowest BCUT2D eigenvalue weighted by molar-refractivity contribution is -0.145. The van der Waals surface area contributed by atoms with Gasteiger partial charge in [0.2, 0.25) is 0 Å². The fourth-order valence-corrected chi connectivity index (χ4v) is 1.61. The molecule has 0 heterocycles. The van der Waals surface area contributed by atoms with Crippen molar-refractivity contribution in [3.63, 3.8) is 0 Å². The zero-order chi connectivity index (χ0) is 14.4. The molecule has 1 aromatic rings. The van der Waals surface area contributed by atoms with Crippen molar-refractivity contribution < 1.29 is 23.8 Å². The van der Waals surface area contributed by atoms with E-state index in [0.29, 0.717) is 17.1 Å². The van der Waals surface area contributed by atoms with Gasteiger partial charge in [-0.25, -0.2) is 0 Å². The van der Waals surface area contributed by atoms with Crippen molar-refractivity contribution >= 4 is 11.8 Å². The number of rotatable bonds is 6. The molecule has 0 radical (unpaired) electrons. The molecular weight excluding hydrogens is 248 g/mol. The van der Waals surface area contributed by atoms with Crippen molar-refractivity contribution in [2.75, 3.05) is 20.8 Å². The van der Waals surface area contributed by atoms with Crippen molar-refractivity contribution in [3.8, 4) is 11.5 Å². The van der Waals surface area contributed by atoms with Gasteiger partial charge in [0.05, 0.1) is 20.8 Å². The second-order valence-electron chi connectivity index (χ2n) is 3.91. The lowest BCUT2D eigenvalue weighted by atomic mass is 9.99. The van der Waals surface area contributed by atoms with Crippen LogP contribution in [0.3, 0.4) is 0 Å². The monoisotopic (exact) mass is 266 g/mol. The smallest absolute Gasteiger partial charge is 0.316 e. The fourth-order valence-electron chi connectivity index (χ4n) is 1.61. The molecule has 0 saturated heterocycles. The van der Waals surface area contributed by atoms with Crippen molar-refractivity contribution in [2.45, 2.75) is 13.8 Å². The molecular formula is C14H18O5. The molecule has 0 aliphatic carbocycles. The van der Waals surface area contributed by atoms with Crippen LogP contribution in [0.1, 0.15) is 24.2 Å². The molecule has 0 unspecified atom stereocenters. The summed E-state index contributed by atoms with van der Waals surface area (Å²) in [7, 11) is 3.00. The average Bonchev–Trinajstić information content (AvgIpc) is 2.45. The van der Waals surface area contributed by atoms with Crippen molar-refractivity contribution in [2.24, 2.45) is 5.92 Å².